The first-order chi connectivity index (χ1) is 9.88. The molecule has 0 saturated heterocycles. The molecule has 0 fully saturated rings. The quantitative estimate of drug-likeness (QED) is 0.856. The molecule has 0 aliphatic rings. The van der Waals surface area contributed by atoms with Crippen LogP contribution in [0.2, 0.25) is 0 Å². The molecular weight excluding hydrogens is 342 g/mol. The lowest BCUT2D eigenvalue weighted by molar-refractivity contribution is 0.0784. The molecule has 2 N–H and O–H groups in total. The number of anilines is 1. The highest BCUT2D eigenvalue weighted by molar-refractivity contribution is 9.10. The Kier molecular flexibility index (Phi) is 4.57. The van der Waals surface area contributed by atoms with Gasteiger partial charge in [-0.25, -0.2) is 8.78 Å². The van der Waals surface area contributed by atoms with Gasteiger partial charge in [-0.2, -0.15) is 0 Å². The molecule has 110 valence electrons. The summed E-state index contributed by atoms with van der Waals surface area (Å²) in [6.45, 7) is 0.164. The average molecular weight is 355 g/mol. The van der Waals surface area contributed by atoms with E-state index in [-0.39, 0.29) is 12.5 Å². The fourth-order valence-corrected chi connectivity index (χ4v) is 2.31. The van der Waals surface area contributed by atoms with Crippen LogP contribution in [0.4, 0.5) is 14.5 Å². The Morgan fingerprint density at radius 2 is 1.90 bits per heavy atom. The summed E-state index contributed by atoms with van der Waals surface area (Å²) in [6.07, 6.45) is 0. The monoisotopic (exact) mass is 354 g/mol. The van der Waals surface area contributed by atoms with Crippen molar-refractivity contribution in [3.63, 3.8) is 0 Å². The third kappa shape index (κ3) is 3.58. The van der Waals surface area contributed by atoms with E-state index >= 15 is 0 Å². The Morgan fingerprint density at radius 3 is 2.57 bits per heavy atom. The summed E-state index contributed by atoms with van der Waals surface area (Å²) in [5, 5.41) is 0. The Hall–Kier alpha value is -1.95. The molecule has 21 heavy (non-hydrogen) atoms. The van der Waals surface area contributed by atoms with Crippen LogP contribution in [-0.4, -0.2) is 17.9 Å². The number of carbonyl (C=O) groups is 1. The normalized spacial score (nSPS) is 10.5. The van der Waals surface area contributed by atoms with Crippen LogP contribution >= 0.6 is 15.9 Å². The van der Waals surface area contributed by atoms with Gasteiger partial charge in [0.2, 0.25) is 0 Å². The Bertz CT molecular complexity index is 691. The van der Waals surface area contributed by atoms with E-state index in [4.69, 9.17) is 5.73 Å². The van der Waals surface area contributed by atoms with Crippen LogP contribution in [0.25, 0.3) is 0 Å². The highest BCUT2D eigenvalue weighted by Gasteiger charge is 2.16. The highest BCUT2D eigenvalue weighted by atomic mass is 79.9. The number of hydrogen-bond acceptors (Lipinski definition) is 2. The predicted octanol–water partition coefficient (Wildman–Crippen LogP) is 3.58. The number of nitrogens with two attached hydrogens (primary N) is 1. The molecule has 0 aromatic heterocycles. The third-order valence-corrected chi connectivity index (χ3v) is 3.66. The van der Waals surface area contributed by atoms with Crippen LogP contribution in [0.1, 0.15) is 15.9 Å². The first-order valence-corrected chi connectivity index (χ1v) is 6.92. The third-order valence-electron chi connectivity index (χ3n) is 2.97. The van der Waals surface area contributed by atoms with E-state index < -0.39 is 11.6 Å². The molecule has 2 aromatic rings. The molecule has 0 radical (unpaired) electrons. The Morgan fingerprint density at radius 1 is 1.19 bits per heavy atom. The lowest BCUT2D eigenvalue weighted by Gasteiger charge is -2.18. The lowest BCUT2D eigenvalue weighted by atomic mass is 10.1. The molecule has 0 saturated carbocycles. The molecule has 2 rings (SSSR count). The molecule has 0 spiro atoms. The number of hydrogen-bond donors (Lipinski definition) is 1. The standard InChI is InChI=1S/C15H13BrF2N2O/c1-20(8-9-2-5-13(17)14(18)6-9)15(21)11-7-10(19)3-4-12(11)16/h2-7H,8,19H2,1H3. The summed E-state index contributed by atoms with van der Waals surface area (Å²) in [5.41, 5.74) is 7.07. The second kappa shape index (κ2) is 6.22. The summed E-state index contributed by atoms with van der Waals surface area (Å²) < 4.78 is 26.7. The summed E-state index contributed by atoms with van der Waals surface area (Å²) in [7, 11) is 1.58. The van der Waals surface area contributed by atoms with Gasteiger partial charge in [-0.05, 0) is 51.8 Å². The maximum absolute atomic E-state index is 13.2. The van der Waals surface area contributed by atoms with Crippen LogP contribution in [-0.2, 0) is 6.54 Å². The maximum atomic E-state index is 13.2. The van der Waals surface area contributed by atoms with Gasteiger partial charge in [0.15, 0.2) is 11.6 Å². The van der Waals surface area contributed by atoms with Gasteiger partial charge in [-0.15, -0.1) is 0 Å². The largest absolute Gasteiger partial charge is 0.399 e. The van der Waals surface area contributed by atoms with E-state index in [0.29, 0.717) is 21.3 Å². The van der Waals surface area contributed by atoms with E-state index in [0.717, 1.165) is 12.1 Å². The van der Waals surface area contributed by atoms with Crippen molar-refractivity contribution in [1.29, 1.82) is 0 Å². The highest BCUT2D eigenvalue weighted by Crippen LogP contribution is 2.21. The van der Waals surface area contributed by atoms with Crippen LogP contribution in [0.3, 0.4) is 0 Å². The summed E-state index contributed by atoms with van der Waals surface area (Å²) >= 11 is 3.29. The first-order valence-electron chi connectivity index (χ1n) is 6.13. The van der Waals surface area contributed by atoms with Gasteiger partial charge >= 0.3 is 0 Å². The van der Waals surface area contributed by atoms with Crippen molar-refractivity contribution < 1.29 is 13.6 Å². The number of nitrogens with zero attached hydrogens (tertiary/aromatic N) is 1. The maximum Gasteiger partial charge on any atom is 0.255 e. The zero-order valence-corrected chi connectivity index (χ0v) is 12.8. The minimum Gasteiger partial charge on any atom is -0.399 e. The van der Waals surface area contributed by atoms with Crippen LogP contribution in [0, 0.1) is 11.6 Å². The Labute approximate surface area is 129 Å². The van der Waals surface area contributed by atoms with E-state index in [1.54, 1.807) is 25.2 Å². The second-order valence-electron chi connectivity index (χ2n) is 4.65. The van der Waals surface area contributed by atoms with Crippen molar-refractivity contribution in [1.82, 2.24) is 4.90 Å². The van der Waals surface area contributed by atoms with E-state index in [9.17, 15) is 13.6 Å². The van der Waals surface area contributed by atoms with Crippen molar-refractivity contribution in [2.24, 2.45) is 0 Å². The number of amides is 1. The van der Waals surface area contributed by atoms with E-state index in [1.807, 2.05) is 0 Å². The van der Waals surface area contributed by atoms with Gasteiger partial charge in [-0.1, -0.05) is 6.07 Å². The number of nitrogen functional groups attached to an aromatic ring is 1. The van der Waals surface area contributed by atoms with Crippen molar-refractivity contribution >= 4 is 27.5 Å². The lowest BCUT2D eigenvalue weighted by Crippen LogP contribution is -2.26. The minimum absolute atomic E-state index is 0.164. The van der Waals surface area contributed by atoms with Gasteiger partial charge in [0.05, 0.1) is 5.56 Å². The average Bonchev–Trinajstić information content (AvgIpc) is 2.44. The SMILES string of the molecule is CN(Cc1ccc(F)c(F)c1)C(=O)c1cc(N)ccc1Br. The topological polar surface area (TPSA) is 46.3 Å². The fraction of sp³-hybridized carbons (Fsp3) is 0.133. The molecule has 0 aliphatic heterocycles. The minimum atomic E-state index is -0.932. The fourth-order valence-electron chi connectivity index (χ4n) is 1.90. The van der Waals surface area contributed by atoms with Gasteiger partial charge in [0.25, 0.3) is 5.91 Å². The Balaban J connectivity index is 2.19. The van der Waals surface area contributed by atoms with Gasteiger partial charge in [0.1, 0.15) is 0 Å². The smallest absolute Gasteiger partial charge is 0.255 e. The number of rotatable bonds is 3. The molecule has 0 heterocycles. The first kappa shape index (κ1) is 15.4. The van der Waals surface area contributed by atoms with Crippen LogP contribution in [0.5, 0.6) is 0 Å². The van der Waals surface area contributed by atoms with Crippen molar-refractivity contribution in [2.75, 3.05) is 12.8 Å². The number of carbonyl (C=O) groups excluding carboxylic acids is 1. The van der Waals surface area contributed by atoms with E-state index in [1.165, 1.54) is 11.0 Å². The van der Waals surface area contributed by atoms with Crippen LogP contribution in [0.15, 0.2) is 40.9 Å². The second-order valence-corrected chi connectivity index (χ2v) is 5.50. The van der Waals surface area contributed by atoms with E-state index in [2.05, 4.69) is 15.9 Å². The molecule has 6 heteroatoms. The number of benzene rings is 2. The zero-order chi connectivity index (χ0) is 15.6. The molecule has 3 nitrogen and oxygen atoms in total. The van der Waals surface area contributed by atoms with Gasteiger partial charge < -0.3 is 10.6 Å². The van der Waals surface area contributed by atoms with Crippen molar-refractivity contribution in [2.45, 2.75) is 6.54 Å². The summed E-state index contributed by atoms with van der Waals surface area (Å²) in [6, 6.07) is 8.49. The molecular formula is C15H13BrF2N2O. The molecule has 0 atom stereocenters. The molecule has 0 unspecified atom stereocenters. The van der Waals surface area contributed by atoms with Crippen molar-refractivity contribution in [3.05, 3.63) is 63.6 Å². The van der Waals surface area contributed by atoms with Crippen molar-refractivity contribution in [3.8, 4) is 0 Å². The van der Waals surface area contributed by atoms with Gasteiger partial charge in [-0.3, -0.25) is 4.79 Å². The molecule has 2 aromatic carbocycles. The van der Waals surface area contributed by atoms with Crippen LogP contribution < -0.4 is 5.73 Å². The molecule has 0 bridgehead atoms. The molecule has 0 aliphatic carbocycles. The summed E-state index contributed by atoms with van der Waals surface area (Å²) in [4.78, 5) is 13.8. The zero-order valence-electron chi connectivity index (χ0n) is 11.2. The predicted molar refractivity (Wildman–Crippen MR) is 80.7 cm³/mol. The number of halogens is 3. The molecule has 1 amide bonds. The summed E-state index contributed by atoms with van der Waals surface area (Å²) in [5.74, 6) is -2.11. The van der Waals surface area contributed by atoms with Gasteiger partial charge in [0, 0.05) is 23.8 Å².